The zero-order chi connectivity index (χ0) is 37.4. The van der Waals surface area contributed by atoms with E-state index < -0.39 is 0 Å². The predicted octanol–water partition coefficient (Wildman–Crippen LogP) is 13.6. The molecule has 0 rings (SSSR count). The van der Waals surface area contributed by atoms with Crippen molar-refractivity contribution in [3.63, 3.8) is 0 Å². The minimum absolute atomic E-state index is 0.606. The fourth-order valence-corrected chi connectivity index (χ4v) is 6.04. The molecule has 3 heteroatoms. The summed E-state index contributed by atoms with van der Waals surface area (Å²) < 4.78 is 0. The number of nitrogens with zero attached hydrogens (tertiary/aromatic N) is 3. The Morgan fingerprint density at radius 1 is 0.333 bits per heavy atom. The average Bonchev–Trinajstić information content (AvgIpc) is 2.84. The first-order valence-electron chi connectivity index (χ1n) is 18.0. The van der Waals surface area contributed by atoms with Gasteiger partial charge in [0.15, 0.2) is 0 Å². The Labute approximate surface area is 287 Å². The minimum Gasteiger partial charge on any atom is -0.297 e. The predicted molar refractivity (Wildman–Crippen MR) is 216 cm³/mol. The summed E-state index contributed by atoms with van der Waals surface area (Å²) in [6.45, 7) is 52.4. The number of hydrogen-bond acceptors (Lipinski definition) is 3. The summed E-state index contributed by atoms with van der Waals surface area (Å²) in [5.41, 5.74) is 8.40. The molecule has 0 N–H and O–H groups in total. The third-order valence-electron chi connectivity index (χ3n) is 7.63. The van der Waals surface area contributed by atoms with Crippen LogP contribution in [-0.4, -0.2) is 38.3 Å². The van der Waals surface area contributed by atoms with Gasteiger partial charge in [-0.05, 0) is 73.0 Å². The Hall–Kier alpha value is -1.51. The molecule has 0 amide bonds. The molecule has 0 aliphatic heterocycles. The largest absolute Gasteiger partial charge is 0.297 e. The Balaban J connectivity index is -0.000000148. The topological polar surface area (TPSA) is 37.1 Å². The molecule has 0 heterocycles. The molecule has 45 heavy (non-hydrogen) atoms. The van der Waals surface area contributed by atoms with Gasteiger partial charge in [-0.1, -0.05) is 162 Å². The second-order valence-corrected chi connectivity index (χ2v) is 15.5. The Morgan fingerprint density at radius 2 is 0.511 bits per heavy atom. The Kier molecular flexibility index (Phi) is 35.2. The van der Waals surface area contributed by atoms with Crippen molar-refractivity contribution in [2.75, 3.05) is 21.1 Å². The van der Waals surface area contributed by atoms with Crippen LogP contribution in [0.4, 0.5) is 0 Å². The summed E-state index contributed by atoms with van der Waals surface area (Å²) in [5.74, 6) is 6.36. The molecule has 0 aromatic heterocycles. The van der Waals surface area contributed by atoms with E-state index in [1.165, 1.54) is 28.3 Å². The summed E-state index contributed by atoms with van der Waals surface area (Å²) in [6, 6.07) is 0. The highest BCUT2D eigenvalue weighted by Gasteiger charge is 2.10. The van der Waals surface area contributed by atoms with E-state index in [1.807, 2.05) is 21.1 Å². The monoisotopic (exact) mass is 634 g/mol. The number of allylic oxidation sites excluding steroid dienone is 3. The van der Waals surface area contributed by atoms with Gasteiger partial charge >= 0.3 is 0 Å². The number of rotatable bonds is 10. The molecular weight excluding hydrogens is 546 g/mol. The summed E-state index contributed by atoms with van der Waals surface area (Å²) >= 11 is 0. The summed E-state index contributed by atoms with van der Waals surface area (Å²) in [7, 11) is 5.61. The van der Waals surface area contributed by atoms with Gasteiger partial charge in [-0.15, -0.1) is 0 Å². The van der Waals surface area contributed by atoms with E-state index in [1.54, 1.807) is 5.57 Å². The third-order valence-corrected chi connectivity index (χ3v) is 7.63. The van der Waals surface area contributed by atoms with Crippen LogP contribution in [-0.2, 0) is 0 Å². The lowest BCUT2D eigenvalue weighted by Crippen LogP contribution is -2.14. The lowest BCUT2D eigenvalue weighted by molar-refractivity contribution is 0.615. The summed E-state index contributed by atoms with van der Waals surface area (Å²) in [5, 5.41) is 0. The first kappa shape index (κ1) is 53.0. The quantitative estimate of drug-likeness (QED) is 0.169. The fraction of sp³-hybridized carbons (Fsp3) is 0.833. The Morgan fingerprint density at radius 3 is 0.511 bits per heavy atom. The SMILES string of the molecule is C=C(C(C)C)C(C)C.CC(C)=C(C(C)C)C(C)C.CN=C(C(C)C)C(C)C.CN=C(C(C)C)C(C)C.CN=C(C(C)C)C(C)C. The highest BCUT2D eigenvalue weighted by atomic mass is 14.7. The van der Waals surface area contributed by atoms with Crippen LogP contribution in [0.3, 0.4) is 0 Å². The van der Waals surface area contributed by atoms with Crippen LogP contribution in [0.1, 0.15) is 152 Å². The van der Waals surface area contributed by atoms with Gasteiger partial charge in [0.2, 0.25) is 0 Å². The average molecular weight is 634 g/mol. The van der Waals surface area contributed by atoms with E-state index in [2.05, 4.69) is 174 Å². The molecule has 0 aliphatic rings. The molecule has 0 spiro atoms. The standard InChI is InChI=1S/C10H20.3C8H17N.C8H16/c1-7(2)10(8(3)4)9(5)6;3*1-6(2)8(9-5)7(3)4;1-6(2)8(5)7(3)4/h7-8H,1-6H3;3*6-7H,1-5H3;6-7H,5H2,1-4H3. The van der Waals surface area contributed by atoms with Crippen LogP contribution in [0.2, 0.25) is 0 Å². The van der Waals surface area contributed by atoms with Crippen molar-refractivity contribution in [2.24, 2.45) is 74.2 Å². The van der Waals surface area contributed by atoms with Crippen molar-refractivity contribution < 1.29 is 0 Å². The van der Waals surface area contributed by atoms with Crippen molar-refractivity contribution in [2.45, 2.75) is 152 Å². The highest BCUT2D eigenvalue weighted by Crippen LogP contribution is 2.22. The molecular formula is C42H87N3. The zero-order valence-corrected chi connectivity index (χ0v) is 35.8. The molecule has 0 aromatic carbocycles. The smallest absolute Gasteiger partial charge is 0.0276 e. The molecule has 0 fully saturated rings. The fourth-order valence-electron chi connectivity index (χ4n) is 6.04. The van der Waals surface area contributed by atoms with Gasteiger partial charge in [0.05, 0.1) is 0 Å². The van der Waals surface area contributed by atoms with Crippen LogP contribution >= 0.6 is 0 Å². The maximum atomic E-state index is 4.20. The summed E-state index contributed by atoms with van der Waals surface area (Å²) in [4.78, 5) is 12.6. The van der Waals surface area contributed by atoms with E-state index in [0.29, 0.717) is 59.2 Å². The lowest BCUT2D eigenvalue weighted by Gasteiger charge is -2.17. The molecule has 0 saturated heterocycles. The van der Waals surface area contributed by atoms with Gasteiger partial charge in [-0.2, -0.15) is 0 Å². The lowest BCUT2D eigenvalue weighted by atomic mass is 9.89. The summed E-state index contributed by atoms with van der Waals surface area (Å²) in [6.07, 6.45) is 0. The van der Waals surface area contributed by atoms with Crippen LogP contribution < -0.4 is 0 Å². The molecule has 0 bridgehead atoms. The highest BCUT2D eigenvalue weighted by molar-refractivity contribution is 5.88. The van der Waals surface area contributed by atoms with Gasteiger partial charge in [0.25, 0.3) is 0 Å². The van der Waals surface area contributed by atoms with Crippen LogP contribution in [0.15, 0.2) is 38.3 Å². The molecule has 0 unspecified atom stereocenters. The third kappa shape index (κ3) is 29.6. The van der Waals surface area contributed by atoms with Gasteiger partial charge in [0.1, 0.15) is 0 Å². The molecule has 270 valence electrons. The van der Waals surface area contributed by atoms with Crippen molar-refractivity contribution in [3.05, 3.63) is 23.3 Å². The van der Waals surface area contributed by atoms with Gasteiger partial charge in [-0.3, -0.25) is 15.0 Å². The minimum atomic E-state index is 0.606. The van der Waals surface area contributed by atoms with Crippen LogP contribution in [0.25, 0.3) is 0 Å². The van der Waals surface area contributed by atoms with Gasteiger partial charge < -0.3 is 0 Å². The second kappa shape index (κ2) is 29.9. The first-order valence-corrected chi connectivity index (χ1v) is 18.0. The van der Waals surface area contributed by atoms with Crippen molar-refractivity contribution in [1.82, 2.24) is 0 Å². The normalized spacial score (nSPS) is 10.6. The van der Waals surface area contributed by atoms with E-state index in [0.717, 1.165) is 0 Å². The van der Waals surface area contributed by atoms with Crippen molar-refractivity contribution in [1.29, 1.82) is 0 Å². The Bertz CT molecular complexity index is 719. The molecule has 0 aliphatic carbocycles. The molecule has 0 saturated carbocycles. The molecule has 3 nitrogen and oxygen atoms in total. The first-order chi connectivity index (χ1) is 20.3. The zero-order valence-electron chi connectivity index (χ0n) is 35.8. The molecule has 0 atom stereocenters. The number of hydrogen-bond donors (Lipinski definition) is 0. The van der Waals surface area contributed by atoms with Gasteiger partial charge in [-0.25, -0.2) is 0 Å². The number of aliphatic imine (C=N–C) groups is 3. The van der Waals surface area contributed by atoms with E-state index in [-0.39, 0.29) is 0 Å². The van der Waals surface area contributed by atoms with Crippen molar-refractivity contribution in [3.8, 4) is 0 Å². The maximum Gasteiger partial charge on any atom is 0.0276 e. The molecule has 0 aromatic rings. The van der Waals surface area contributed by atoms with Gasteiger partial charge in [0, 0.05) is 38.3 Å². The van der Waals surface area contributed by atoms with E-state index in [4.69, 9.17) is 0 Å². The van der Waals surface area contributed by atoms with E-state index in [9.17, 15) is 0 Å². The second-order valence-electron chi connectivity index (χ2n) is 15.5. The van der Waals surface area contributed by atoms with Crippen molar-refractivity contribution >= 4 is 17.1 Å². The maximum absolute atomic E-state index is 4.20. The van der Waals surface area contributed by atoms with E-state index >= 15 is 0 Å². The van der Waals surface area contributed by atoms with Crippen LogP contribution in [0.5, 0.6) is 0 Å². The molecule has 0 radical (unpaired) electrons. The van der Waals surface area contributed by atoms with Crippen LogP contribution in [0, 0.1) is 59.2 Å².